The molecule has 0 aromatic carbocycles. The Kier molecular flexibility index (Phi) is 3.72. The molecule has 0 saturated heterocycles. The highest BCUT2D eigenvalue weighted by atomic mass is 35.5. The van der Waals surface area contributed by atoms with E-state index in [1.165, 1.54) is 0 Å². The first-order chi connectivity index (χ1) is 8.25. The molecule has 0 bridgehead atoms. The minimum absolute atomic E-state index is 0.126. The summed E-state index contributed by atoms with van der Waals surface area (Å²) >= 11 is 5.88. The summed E-state index contributed by atoms with van der Waals surface area (Å²) in [6, 6.07) is 3.39. The third-order valence-corrected chi connectivity index (χ3v) is 2.48. The molecule has 0 aliphatic carbocycles. The number of rotatable bonds is 4. The van der Waals surface area contributed by atoms with Crippen molar-refractivity contribution in [1.82, 2.24) is 14.5 Å². The van der Waals surface area contributed by atoms with Gasteiger partial charge in [0.05, 0.1) is 11.3 Å². The number of hydrogen-bond acceptors (Lipinski definition) is 3. The molecular formula is C11H11ClN4O. The Morgan fingerprint density at radius 1 is 1.47 bits per heavy atom. The van der Waals surface area contributed by atoms with Crippen LogP contribution in [-0.2, 0) is 11.3 Å². The largest absolute Gasteiger partial charge is 0.337 e. The van der Waals surface area contributed by atoms with Crippen molar-refractivity contribution in [3.8, 4) is 0 Å². The summed E-state index contributed by atoms with van der Waals surface area (Å²) in [5.74, 6) is 0.268. The van der Waals surface area contributed by atoms with Gasteiger partial charge < -0.3 is 9.88 Å². The van der Waals surface area contributed by atoms with E-state index in [2.05, 4.69) is 15.3 Å². The molecule has 2 heterocycles. The zero-order chi connectivity index (χ0) is 12.1. The molecule has 6 heteroatoms. The van der Waals surface area contributed by atoms with Gasteiger partial charge in [0.1, 0.15) is 0 Å². The molecule has 0 atom stereocenters. The summed E-state index contributed by atoms with van der Waals surface area (Å²) < 4.78 is 1.83. The Hall–Kier alpha value is -1.88. The van der Waals surface area contributed by atoms with E-state index in [9.17, 15) is 4.79 Å². The van der Waals surface area contributed by atoms with Crippen molar-refractivity contribution in [2.45, 2.75) is 13.0 Å². The van der Waals surface area contributed by atoms with E-state index in [1.807, 2.05) is 4.57 Å². The van der Waals surface area contributed by atoms with E-state index in [0.29, 0.717) is 23.8 Å². The highest BCUT2D eigenvalue weighted by Gasteiger charge is 2.06. The summed E-state index contributed by atoms with van der Waals surface area (Å²) in [5.41, 5.74) is 0. The van der Waals surface area contributed by atoms with E-state index >= 15 is 0 Å². The van der Waals surface area contributed by atoms with Crippen molar-refractivity contribution in [3.63, 3.8) is 0 Å². The van der Waals surface area contributed by atoms with Crippen molar-refractivity contribution < 1.29 is 4.79 Å². The first kappa shape index (κ1) is 11.6. The molecule has 0 aliphatic heterocycles. The van der Waals surface area contributed by atoms with E-state index in [0.717, 1.165) is 0 Å². The molecule has 0 fully saturated rings. The first-order valence-corrected chi connectivity index (χ1v) is 5.49. The number of amides is 1. The average Bonchev–Trinajstić information content (AvgIpc) is 2.82. The van der Waals surface area contributed by atoms with Crippen LogP contribution in [-0.4, -0.2) is 20.4 Å². The molecule has 1 amide bonds. The molecule has 0 radical (unpaired) electrons. The van der Waals surface area contributed by atoms with Crippen LogP contribution in [0.15, 0.2) is 37.1 Å². The van der Waals surface area contributed by atoms with Gasteiger partial charge in [-0.15, -0.1) is 0 Å². The smallest absolute Gasteiger partial charge is 0.227 e. The van der Waals surface area contributed by atoms with Crippen LogP contribution in [0, 0.1) is 0 Å². The highest BCUT2D eigenvalue weighted by Crippen LogP contribution is 2.17. The van der Waals surface area contributed by atoms with Gasteiger partial charge >= 0.3 is 0 Å². The van der Waals surface area contributed by atoms with Crippen LogP contribution in [0.2, 0.25) is 5.02 Å². The monoisotopic (exact) mass is 250 g/mol. The molecule has 2 aromatic heterocycles. The van der Waals surface area contributed by atoms with Crippen molar-refractivity contribution in [2.75, 3.05) is 5.32 Å². The number of nitrogens with zero attached hydrogens (tertiary/aromatic N) is 3. The minimum Gasteiger partial charge on any atom is -0.337 e. The minimum atomic E-state index is -0.126. The summed E-state index contributed by atoms with van der Waals surface area (Å²) in [6.45, 7) is 0.580. The Bertz CT molecular complexity index is 498. The van der Waals surface area contributed by atoms with Crippen molar-refractivity contribution in [3.05, 3.63) is 42.1 Å². The van der Waals surface area contributed by atoms with Crippen LogP contribution in [0.5, 0.6) is 0 Å². The van der Waals surface area contributed by atoms with E-state index in [1.54, 1.807) is 37.1 Å². The molecule has 0 aliphatic rings. The number of carbonyl (C=O) groups is 1. The fourth-order valence-corrected chi connectivity index (χ4v) is 1.49. The number of halogens is 1. The average molecular weight is 251 g/mol. The van der Waals surface area contributed by atoms with Gasteiger partial charge in [0, 0.05) is 31.6 Å². The van der Waals surface area contributed by atoms with Gasteiger partial charge in [-0.1, -0.05) is 11.6 Å². The number of carbonyl (C=O) groups excluding carboxylic acids is 1. The molecule has 0 unspecified atom stereocenters. The van der Waals surface area contributed by atoms with Crippen LogP contribution in [0.25, 0.3) is 0 Å². The van der Waals surface area contributed by atoms with Crippen molar-refractivity contribution in [1.29, 1.82) is 0 Å². The fourth-order valence-electron chi connectivity index (χ4n) is 1.32. The second kappa shape index (κ2) is 5.45. The second-order valence-electron chi connectivity index (χ2n) is 3.43. The standard InChI is InChI=1S/C11H11ClN4O/c12-9-2-1-4-14-11(9)15-10(17)3-6-16-7-5-13-8-16/h1-2,4-5,7-8H,3,6H2,(H,14,15,17). The first-order valence-electron chi connectivity index (χ1n) is 5.12. The van der Waals surface area contributed by atoms with Crippen molar-refractivity contribution >= 4 is 23.3 Å². The summed E-state index contributed by atoms with van der Waals surface area (Å²) in [5, 5.41) is 3.09. The van der Waals surface area contributed by atoms with Gasteiger partial charge in [0.25, 0.3) is 0 Å². The zero-order valence-electron chi connectivity index (χ0n) is 9.01. The lowest BCUT2D eigenvalue weighted by molar-refractivity contribution is -0.116. The highest BCUT2D eigenvalue weighted by molar-refractivity contribution is 6.33. The zero-order valence-corrected chi connectivity index (χ0v) is 9.76. The maximum atomic E-state index is 11.6. The maximum Gasteiger partial charge on any atom is 0.227 e. The van der Waals surface area contributed by atoms with E-state index in [4.69, 9.17) is 11.6 Å². The normalized spacial score (nSPS) is 10.2. The predicted molar refractivity (Wildman–Crippen MR) is 64.7 cm³/mol. The third-order valence-electron chi connectivity index (χ3n) is 2.17. The van der Waals surface area contributed by atoms with Gasteiger partial charge in [-0.05, 0) is 12.1 Å². The molecule has 0 spiro atoms. The molecule has 17 heavy (non-hydrogen) atoms. The molecule has 5 nitrogen and oxygen atoms in total. The molecular weight excluding hydrogens is 240 g/mol. The van der Waals surface area contributed by atoms with Crippen molar-refractivity contribution in [2.24, 2.45) is 0 Å². The quantitative estimate of drug-likeness (QED) is 0.902. The van der Waals surface area contributed by atoms with Gasteiger partial charge in [0.15, 0.2) is 5.82 Å². The summed E-state index contributed by atoms with van der Waals surface area (Å²) in [7, 11) is 0. The second-order valence-corrected chi connectivity index (χ2v) is 3.84. The van der Waals surface area contributed by atoms with Gasteiger partial charge in [0.2, 0.25) is 5.91 Å². The van der Waals surface area contributed by atoms with E-state index in [-0.39, 0.29) is 5.91 Å². The van der Waals surface area contributed by atoms with Gasteiger partial charge in [-0.2, -0.15) is 0 Å². The predicted octanol–water partition coefficient (Wildman–Crippen LogP) is 1.96. The Morgan fingerprint density at radius 3 is 3.06 bits per heavy atom. The molecule has 88 valence electrons. The number of pyridine rings is 1. The fraction of sp³-hybridized carbons (Fsp3) is 0.182. The Labute approximate surface area is 103 Å². The molecule has 2 rings (SSSR count). The van der Waals surface area contributed by atoms with Crippen LogP contribution in [0.3, 0.4) is 0 Å². The van der Waals surface area contributed by atoms with Crippen LogP contribution in [0.4, 0.5) is 5.82 Å². The van der Waals surface area contributed by atoms with Crippen LogP contribution in [0.1, 0.15) is 6.42 Å². The Morgan fingerprint density at radius 2 is 2.35 bits per heavy atom. The number of aromatic nitrogens is 3. The molecule has 0 saturated carbocycles. The number of aryl methyl sites for hydroxylation is 1. The summed E-state index contributed by atoms with van der Waals surface area (Å²) in [4.78, 5) is 19.5. The van der Waals surface area contributed by atoms with Crippen LogP contribution < -0.4 is 5.32 Å². The summed E-state index contributed by atoms with van der Waals surface area (Å²) in [6.07, 6.45) is 7.08. The lowest BCUT2D eigenvalue weighted by atomic mass is 10.4. The lowest BCUT2D eigenvalue weighted by Gasteiger charge is -2.05. The topological polar surface area (TPSA) is 59.8 Å². The number of imidazole rings is 1. The van der Waals surface area contributed by atoms with Gasteiger partial charge in [-0.3, -0.25) is 4.79 Å². The Balaban J connectivity index is 1.87. The lowest BCUT2D eigenvalue weighted by Crippen LogP contribution is -2.15. The number of anilines is 1. The number of hydrogen-bond donors (Lipinski definition) is 1. The SMILES string of the molecule is O=C(CCn1ccnc1)Nc1ncccc1Cl. The van der Waals surface area contributed by atoms with Crippen LogP contribution >= 0.6 is 11.6 Å². The van der Waals surface area contributed by atoms with E-state index < -0.39 is 0 Å². The van der Waals surface area contributed by atoms with Gasteiger partial charge in [-0.25, -0.2) is 9.97 Å². The molecule has 1 N–H and O–H groups in total. The number of nitrogens with one attached hydrogen (secondary N) is 1. The maximum absolute atomic E-state index is 11.6. The molecule has 2 aromatic rings. The third kappa shape index (κ3) is 3.29.